The summed E-state index contributed by atoms with van der Waals surface area (Å²) >= 11 is 6.88. The van der Waals surface area contributed by atoms with Gasteiger partial charge >= 0.3 is 11.5 Å². The maximum atomic E-state index is 12.4. The van der Waals surface area contributed by atoms with Crippen LogP contribution in [-0.2, 0) is 15.7 Å². The molecule has 0 aliphatic rings. The Hall–Kier alpha value is -1.91. The smallest absolute Gasteiger partial charge is 0.465 e. The quantitative estimate of drug-likeness (QED) is 0.531. The summed E-state index contributed by atoms with van der Waals surface area (Å²) in [7, 11) is -2.17. The summed E-state index contributed by atoms with van der Waals surface area (Å²) in [4.78, 5) is 16.3. The number of halogens is 4. The first-order chi connectivity index (χ1) is 12.2. The fourth-order valence-corrected chi connectivity index (χ4v) is 3.18. The molecule has 26 heavy (non-hydrogen) atoms. The van der Waals surface area contributed by atoms with Crippen molar-refractivity contribution in [1.29, 1.82) is 0 Å². The second-order valence-corrected chi connectivity index (χ2v) is 7.20. The molecule has 0 N–H and O–H groups in total. The number of benzene rings is 1. The molecule has 1 unspecified atom stereocenters. The Morgan fingerprint density at radius 2 is 2.12 bits per heavy atom. The highest BCUT2D eigenvalue weighted by Crippen LogP contribution is 2.32. The Morgan fingerprint density at radius 3 is 2.77 bits per heavy atom. The van der Waals surface area contributed by atoms with E-state index in [1.165, 1.54) is 37.6 Å². The fraction of sp³-hybridized carbons (Fsp3) is 0.133. The number of hydrogen-bond donors (Lipinski definition) is 0. The van der Waals surface area contributed by atoms with Gasteiger partial charge in [-0.25, -0.2) is 14.0 Å². The molecule has 0 aliphatic heterocycles. The first-order valence-corrected chi connectivity index (χ1v) is 9.06. The zero-order chi connectivity index (χ0) is 19.3. The van der Waals surface area contributed by atoms with Crippen molar-refractivity contribution in [3.63, 3.8) is 0 Å². The largest absolute Gasteiger partial charge is 0.492 e. The second kappa shape index (κ2) is 8.65. The van der Waals surface area contributed by atoms with E-state index < -0.39 is 22.5 Å². The molecule has 0 radical (unpaired) electrons. The normalized spacial score (nSPS) is 13.0. The molecular formula is C15H10ClF3N2O3S2. The Bertz CT molecular complexity index is 875. The number of rotatable bonds is 5. The van der Waals surface area contributed by atoms with Gasteiger partial charge in [-0.15, -0.1) is 0 Å². The zero-order valence-corrected chi connectivity index (χ0v) is 15.4. The number of methoxy groups -OCH3 is 1. The molecule has 11 heteroatoms. The molecule has 1 atom stereocenters. The molecule has 0 bridgehead atoms. The molecule has 2 aromatic rings. The van der Waals surface area contributed by atoms with Crippen molar-refractivity contribution in [2.24, 2.45) is 4.40 Å². The predicted molar refractivity (Wildman–Crippen MR) is 92.9 cm³/mol. The van der Waals surface area contributed by atoms with Crippen molar-refractivity contribution < 1.29 is 26.9 Å². The molecule has 0 aliphatic carbocycles. The summed E-state index contributed by atoms with van der Waals surface area (Å²) < 4.78 is 55.8. The molecule has 2 rings (SSSR count). The van der Waals surface area contributed by atoms with E-state index in [2.05, 4.69) is 14.1 Å². The maximum Gasteiger partial charge on any atom is 0.492 e. The van der Waals surface area contributed by atoms with Crippen molar-refractivity contribution in [2.45, 2.75) is 15.4 Å². The van der Waals surface area contributed by atoms with Crippen molar-refractivity contribution in [2.75, 3.05) is 7.11 Å². The highest BCUT2D eigenvalue weighted by molar-refractivity contribution is 7.99. The van der Waals surface area contributed by atoms with E-state index in [4.69, 9.17) is 11.6 Å². The molecule has 5 nitrogen and oxygen atoms in total. The third-order valence-electron chi connectivity index (χ3n) is 2.84. The summed E-state index contributed by atoms with van der Waals surface area (Å²) in [5, 5.41) is 0.538. The highest BCUT2D eigenvalue weighted by atomic mass is 35.5. The molecule has 0 saturated carbocycles. The molecule has 0 spiro atoms. The number of carbonyl (C=O) groups is 1. The van der Waals surface area contributed by atoms with Crippen molar-refractivity contribution in [3.05, 3.63) is 52.7 Å². The minimum Gasteiger partial charge on any atom is -0.465 e. The number of nitrogens with zero attached hydrogens (tertiary/aromatic N) is 2. The van der Waals surface area contributed by atoms with E-state index in [9.17, 15) is 22.2 Å². The van der Waals surface area contributed by atoms with Gasteiger partial charge in [-0.2, -0.15) is 17.6 Å². The summed E-state index contributed by atoms with van der Waals surface area (Å²) in [5.74, 6) is -0.608. The van der Waals surface area contributed by atoms with Crippen LogP contribution in [0, 0.1) is 0 Å². The Labute approximate surface area is 158 Å². The van der Waals surface area contributed by atoms with Crippen molar-refractivity contribution >= 4 is 46.5 Å². The van der Waals surface area contributed by atoms with Gasteiger partial charge in [0.2, 0.25) is 11.0 Å². The number of ether oxygens (including phenoxy) is 1. The van der Waals surface area contributed by atoms with Gasteiger partial charge in [0.25, 0.3) is 0 Å². The number of carbonyl (C=O) groups excluding carboxylic acids is 1. The average molecular weight is 423 g/mol. The molecule has 1 aromatic carbocycles. The lowest BCUT2D eigenvalue weighted by Crippen LogP contribution is -2.13. The molecule has 0 fully saturated rings. The molecule has 0 saturated heterocycles. The fourth-order valence-electron chi connectivity index (χ4n) is 1.72. The van der Waals surface area contributed by atoms with Gasteiger partial charge in [0.1, 0.15) is 5.03 Å². The molecule has 0 amide bonds. The number of pyridine rings is 1. The first kappa shape index (κ1) is 20.4. The van der Waals surface area contributed by atoms with Crippen LogP contribution < -0.4 is 0 Å². The molecular weight excluding hydrogens is 413 g/mol. The Morgan fingerprint density at radius 1 is 1.38 bits per heavy atom. The van der Waals surface area contributed by atoms with Crippen LogP contribution in [-0.4, -0.2) is 34.0 Å². The number of esters is 1. The van der Waals surface area contributed by atoms with Gasteiger partial charge in [0.05, 0.1) is 12.7 Å². The molecule has 138 valence electrons. The van der Waals surface area contributed by atoms with Crippen LogP contribution in [0.15, 0.2) is 50.8 Å². The summed E-state index contributed by atoms with van der Waals surface area (Å²) in [5.41, 5.74) is -4.57. The van der Waals surface area contributed by atoms with Crippen LogP contribution >= 0.6 is 23.4 Å². The zero-order valence-electron chi connectivity index (χ0n) is 13.0. The lowest BCUT2D eigenvalue weighted by atomic mass is 10.2. The van der Waals surface area contributed by atoms with Crippen LogP contribution in [0.1, 0.15) is 15.9 Å². The van der Waals surface area contributed by atoms with Gasteiger partial charge in [-0.05, 0) is 30.3 Å². The van der Waals surface area contributed by atoms with E-state index in [-0.39, 0.29) is 21.2 Å². The van der Waals surface area contributed by atoms with Crippen molar-refractivity contribution in [3.8, 4) is 0 Å². The van der Waals surface area contributed by atoms with Crippen LogP contribution in [0.2, 0.25) is 5.02 Å². The second-order valence-electron chi connectivity index (χ2n) is 4.56. The summed E-state index contributed by atoms with van der Waals surface area (Å²) in [6.45, 7) is 0. The standard InChI is InChI=1S/C15H10ClF3N2O3S2/c1-24-14(22)11-3-2-6-20-13(11)25-12-5-4-10(16)7-9(12)8-21-26(23)15(17,18)19/h2-8H,1H3. The average Bonchev–Trinajstić information content (AvgIpc) is 2.60. The van der Waals surface area contributed by atoms with Gasteiger partial charge in [0.15, 0.2) is 0 Å². The highest BCUT2D eigenvalue weighted by Gasteiger charge is 2.37. The van der Waals surface area contributed by atoms with Crippen molar-refractivity contribution in [1.82, 2.24) is 4.98 Å². The SMILES string of the molecule is COC(=O)c1cccnc1Sc1ccc(Cl)cc1C=NS(=O)C(F)(F)F. The van der Waals surface area contributed by atoms with E-state index in [0.717, 1.165) is 18.0 Å². The van der Waals surface area contributed by atoms with E-state index in [1.807, 2.05) is 0 Å². The van der Waals surface area contributed by atoms with Gasteiger partial charge in [0, 0.05) is 27.9 Å². The van der Waals surface area contributed by atoms with Crippen LogP contribution in [0.3, 0.4) is 0 Å². The number of aromatic nitrogens is 1. The van der Waals surface area contributed by atoms with Gasteiger partial charge < -0.3 is 4.74 Å². The number of hydrogen-bond acceptors (Lipinski definition) is 5. The summed E-state index contributed by atoms with van der Waals surface area (Å²) in [6.07, 6.45) is 2.27. The lowest BCUT2D eigenvalue weighted by molar-refractivity contribution is -0.0383. The first-order valence-electron chi connectivity index (χ1n) is 6.76. The monoisotopic (exact) mass is 422 g/mol. The topological polar surface area (TPSA) is 68.6 Å². The van der Waals surface area contributed by atoms with Gasteiger partial charge in [-0.1, -0.05) is 23.4 Å². The lowest BCUT2D eigenvalue weighted by Gasteiger charge is -2.09. The van der Waals surface area contributed by atoms with E-state index in [0.29, 0.717) is 4.90 Å². The maximum absolute atomic E-state index is 12.4. The van der Waals surface area contributed by atoms with Crippen LogP contribution in [0.5, 0.6) is 0 Å². The van der Waals surface area contributed by atoms with Crippen LogP contribution in [0.25, 0.3) is 0 Å². The van der Waals surface area contributed by atoms with Gasteiger partial charge in [-0.3, -0.25) is 0 Å². The summed E-state index contributed by atoms with van der Waals surface area (Å²) in [6, 6.07) is 7.46. The number of alkyl halides is 3. The molecule has 1 aromatic heterocycles. The minimum atomic E-state index is -4.96. The van der Waals surface area contributed by atoms with Crippen LogP contribution in [0.4, 0.5) is 13.2 Å². The molecule has 1 heterocycles. The Balaban J connectivity index is 2.39. The third-order valence-corrected chi connectivity index (χ3v) is 4.88. The minimum absolute atomic E-state index is 0.191. The predicted octanol–water partition coefficient (Wildman–Crippen LogP) is 4.28. The Kier molecular flexibility index (Phi) is 6.79. The third kappa shape index (κ3) is 5.29. The van der Waals surface area contributed by atoms with E-state index in [1.54, 1.807) is 6.07 Å². The van der Waals surface area contributed by atoms with E-state index >= 15 is 0 Å².